The van der Waals surface area contributed by atoms with Crippen molar-refractivity contribution in [3.63, 3.8) is 0 Å². The smallest absolute Gasteiger partial charge is 0.222 e. The normalized spacial score (nSPS) is 15.9. The Labute approximate surface area is 121 Å². The number of piperazine rings is 1. The number of carbonyl (C=O) groups is 1. The second kappa shape index (κ2) is 5.93. The standard InChI is InChI=1S/C13H16BrClN2O/c1-2-12(18)16-6-8-17(9-7-16)13-10(14)4-3-5-11(13)15/h3-5H,2,6-9H2,1H3. The first-order valence-corrected chi connectivity index (χ1v) is 7.27. The summed E-state index contributed by atoms with van der Waals surface area (Å²) in [6, 6.07) is 5.81. The molecule has 1 aliphatic rings. The summed E-state index contributed by atoms with van der Waals surface area (Å²) in [4.78, 5) is 15.8. The maximum absolute atomic E-state index is 11.6. The van der Waals surface area contributed by atoms with Crippen molar-refractivity contribution in [3.8, 4) is 0 Å². The minimum absolute atomic E-state index is 0.230. The van der Waals surface area contributed by atoms with Crippen molar-refractivity contribution < 1.29 is 4.79 Å². The van der Waals surface area contributed by atoms with E-state index in [0.717, 1.165) is 41.4 Å². The summed E-state index contributed by atoms with van der Waals surface area (Å²) in [5, 5.41) is 0.750. The average Bonchev–Trinajstić information content (AvgIpc) is 2.38. The van der Waals surface area contributed by atoms with Crippen LogP contribution in [0.5, 0.6) is 0 Å². The molecule has 0 bridgehead atoms. The third-order valence-corrected chi connectivity index (χ3v) is 4.13. The van der Waals surface area contributed by atoms with Crippen LogP contribution >= 0.6 is 27.5 Å². The number of nitrogens with zero attached hydrogens (tertiary/aromatic N) is 2. The number of hydrogen-bond acceptors (Lipinski definition) is 2. The highest BCUT2D eigenvalue weighted by Gasteiger charge is 2.22. The SMILES string of the molecule is CCC(=O)N1CCN(c2c(Cl)cccc2Br)CC1. The van der Waals surface area contributed by atoms with Crippen molar-refractivity contribution in [2.45, 2.75) is 13.3 Å². The highest BCUT2D eigenvalue weighted by atomic mass is 79.9. The van der Waals surface area contributed by atoms with Gasteiger partial charge < -0.3 is 9.80 Å². The second-order valence-corrected chi connectivity index (χ2v) is 5.55. The van der Waals surface area contributed by atoms with Gasteiger partial charge in [0.05, 0.1) is 10.7 Å². The van der Waals surface area contributed by atoms with Gasteiger partial charge in [0.1, 0.15) is 0 Å². The summed E-state index contributed by atoms with van der Waals surface area (Å²) in [7, 11) is 0. The van der Waals surface area contributed by atoms with Crippen LogP contribution in [0.1, 0.15) is 13.3 Å². The van der Waals surface area contributed by atoms with Crippen LogP contribution in [-0.2, 0) is 4.79 Å². The number of para-hydroxylation sites is 1. The lowest BCUT2D eigenvalue weighted by atomic mass is 10.2. The Hall–Kier alpha value is -0.740. The topological polar surface area (TPSA) is 23.6 Å². The molecule has 0 unspecified atom stereocenters. The van der Waals surface area contributed by atoms with E-state index in [2.05, 4.69) is 20.8 Å². The first kappa shape index (κ1) is 13.7. The Morgan fingerprint density at radius 3 is 2.56 bits per heavy atom. The van der Waals surface area contributed by atoms with E-state index in [1.807, 2.05) is 30.0 Å². The van der Waals surface area contributed by atoms with E-state index in [1.54, 1.807) is 0 Å². The predicted molar refractivity (Wildman–Crippen MR) is 78.2 cm³/mol. The van der Waals surface area contributed by atoms with Gasteiger partial charge in [0.2, 0.25) is 5.91 Å². The van der Waals surface area contributed by atoms with Crippen molar-refractivity contribution in [1.82, 2.24) is 4.90 Å². The minimum Gasteiger partial charge on any atom is -0.366 e. The number of amides is 1. The molecule has 0 N–H and O–H groups in total. The molecule has 0 saturated carbocycles. The molecule has 5 heteroatoms. The molecule has 0 aliphatic carbocycles. The first-order valence-electron chi connectivity index (χ1n) is 6.10. The van der Waals surface area contributed by atoms with Crippen LogP contribution in [0.25, 0.3) is 0 Å². The van der Waals surface area contributed by atoms with Gasteiger partial charge in [-0.3, -0.25) is 4.79 Å². The van der Waals surface area contributed by atoms with Crippen LogP contribution in [0, 0.1) is 0 Å². The average molecular weight is 332 g/mol. The van der Waals surface area contributed by atoms with Gasteiger partial charge in [0, 0.05) is 37.1 Å². The quantitative estimate of drug-likeness (QED) is 0.831. The van der Waals surface area contributed by atoms with Crippen molar-refractivity contribution in [1.29, 1.82) is 0 Å². The Morgan fingerprint density at radius 1 is 1.33 bits per heavy atom. The molecule has 1 aliphatic heterocycles. The molecule has 98 valence electrons. The van der Waals surface area contributed by atoms with E-state index in [0.29, 0.717) is 6.42 Å². The lowest BCUT2D eigenvalue weighted by molar-refractivity contribution is -0.131. The molecule has 0 radical (unpaired) electrons. The molecule has 0 aromatic heterocycles. The summed E-state index contributed by atoms with van der Waals surface area (Å²) in [5.41, 5.74) is 1.03. The number of rotatable bonds is 2. The van der Waals surface area contributed by atoms with Gasteiger partial charge in [0.25, 0.3) is 0 Å². The Kier molecular flexibility index (Phi) is 4.51. The summed E-state index contributed by atoms with van der Waals surface area (Å²) in [6.45, 7) is 5.09. The van der Waals surface area contributed by atoms with Crippen LogP contribution in [0.15, 0.2) is 22.7 Å². The molecule has 18 heavy (non-hydrogen) atoms. The van der Waals surface area contributed by atoms with Crippen LogP contribution in [0.4, 0.5) is 5.69 Å². The maximum Gasteiger partial charge on any atom is 0.222 e. The molecule has 1 aromatic rings. The zero-order valence-corrected chi connectivity index (χ0v) is 12.7. The van der Waals surface area contributed by atoms with Gasteiger partial charge in [-0.2, -0.15) is 0 Å². The summed E-state index contributed by atoms with van der Waals surface area (Å²) in [6.07, 6.45) is 0.579. The van der Waals surface area contributed by atoms with E-state index in [4.69, 9.17) is 11.6 Å². The van der Waals surface area contributed by atoms with Gasteiger partial charge in [-0.25, -0.2) is 0 Å². The summed E-state index contributed by atoms with van der Waals surface area (Å²) >= 11 is 9.77. The fourth-order valence-electron chi connectivity index (χ4n) is 2.19. The fourth-order valence-corrected chi connectivity index (χ4v) is 3.22. The van der Waals surface area contributed by atoms with Crippen molar-refractivity contribution in [3.05, 3.63) is 27.7 Å². The van der Waals surface area contributed by atoms with Crippen molar-refractivity contribution >= 4 is 39.1 Å². The van der Waals surface area contributed by atoms with Gasteiger partial charge in [-0.1, -0.05) is 24.6 Å². The van der Waals surface area contributed by atoms with Crippen LogP contribution in [0.3, 0.4) is 0 Å². The second-order valence-electron chi connectivity index (χ2n) is 4.29. The number of hydrogen-bond donors (Lipinski definition) is 0. The lowest BCUT2D eigenvalue weighted by Gasteiger charge is -2.36. The molecular weight excluding hydrogens is 316 g/mol. The van der Waals surface area contributed by atoms with E-state index in [1.165, 1.54) is 0 Å². The number of benzene rings is 1. The number of carbonyl (C=O) groups excluding carboxylic acids is 1. The van der Waals surface area contributed by atoms with Crippen molar-refractivity contribution in [2.24, 2.45) is 0 Å². The highest BCUT2D eigenvalue weighted by Crippen LogP contribution is 2.34. The molecule has 0 atom stereocenters. The molecule has 1 saturated heterocycles. The molecule has 2 rings (SSSR count). The molecular formula is C13H16BrClN2O. The minimum atomic E-state index is 0.230. The molecule has 1 fully saturated rings. The number of halogens is 2. The van der Waals surface area contributed by atoms with Gasteiger partial charge in [0.15, 0.2) is 0 Å². The molecule has 1 amide bonds. The third-order valence-electron chi connectivity index (χ3n) is 3.19. The molecule has 1 heterocycles. The highest BCUT2D eigenvalue weighted by molar-refractivity contribution is 9.10. The Bertz CT molecular complexity index is 424. The maximum atomic E-state index is 11.6. The molecule has 1 aromatic carbocycles. The van der Waals surface area contributed by atoms with Crippen molar-refractivity contribution in [2.75, 3.05) is 31.1 Å². The van der Waals surface area contributed by atoms with Gasteiger partial charge in [-0.05, 0) is 28.1 Å². The Morgan fingerprint density at radius 2 is 2.00 bits per heavy atom. The van der Waals surface area contributed by atoms with Gasteiger partial charge in [-0.15, -0.1) is 0 Å². The summed E-state index contributed by atoms with van der Waals surface area (Å²) in [5.74, 6) is 0.230. The largest absolute Gasteiger partial charge is 0.366 e. The van der Waals surface area contributed by atoms with Gasteiger partial charge >= 0.3 is 0 Å². The van der Waals surface area contributed by atoms with Crippen LogP contribution < -0.4 is 4.90 Å². The lowest BCUT2D eigenvalue weighted by Crippen LogP contribution is -2.48. The van der Waals surface area contributed by atoms with Crippen LogP contribution in [0.2, 0.25) is 5.02 Å². The zero-order valence-electron chi connectivity index (χ0n) is 10.3. The zero-order chi connectivity index (χ0) is 13.1. The molecule has 3 nitrogen and oxygen atoms in total. The molecule has 0 spiro atoms. The van der Waals surface area contributed by atoms with E-state index >= 15 is 0 Å². The third kappa shape index (κ3) is 2.81. The Balaban J connectivity index is 2.08. The predicted octanol–water partition coefficient (Wildman–Crippen LogP) is 3.16. The van der Waals surface area contributed by atoms with E-state index in [-0.39, 0.29) is 5.91 Å². The summed E-state index contributed by atoms with van der Waals surface area (Å²) < 4.78 is 1.00. The number of anilines is 1. The fraction of sp³-hybridized carbons (Fsp3) is 0.462. The van der Waals surface area contributed by atoms with E-state index in [9.17, 15) is 4.79 Å². The van der Waals surface area contributed by atoms with E-state index < -0.39 is 0 Å². The first-order chi connectivity index (χ1) is 8.63. The monoisotopic (exact) mass is 330 g/mol. The van der Waals surface area contributed by atoms with Crippen LogP contribution in [-0.4, -0.2) is 37.0 Å².